The van der Waals surface area contributed by atoms with Crippen LogP contribution >= 0.6 is 0 Å². The van der Waals surface area contributed by atoms with Crippen LogP contribution in [-0.4, -0.2) is 59.9 Å². The van der Waals surface area contributed by atoms with Crippen LogP contribution in [0.5, 0.6) is 0 Å². The number of unbranched alkanes of at least 4 members (excludes halogenated alkanes) is 6. The monoisotopic (exact) mass is 500 g/mol. The molecular formula is C25H40O10. The van der Waals surface area contributed by atoms with Gasteiger partial charge in [0.05, 0.1) is 13.2 Å². The van der Waals surface area contributed by atoms with Gasteiger partial charge in [-0.1, -0.05) is 45.3 Å². The molecular weight excluding hydrogens is 460 g/mol. The zero-order chi connectivity index (χ0) is 26.6. The van der Waals surface area contributed by atoms with Crippen molar-refractivity contribution in [1.29, 1.82) is 0 Å². The second-order valence-electron chi connectivity index (χ2n) is 8.27. The normalized spacial score (nSPS) is 12.2. The number of esters is 4. The Labute approximate surface area is 207 Å². The van der Waals surface area contributed by atoms with Crippen LogP contribution in [0.3, 0.4) is 0 Å². The third kappa shape index (κ3) is 19.3. The predicted molar refractivity (Wildman–Crippen MR) is 127 cm³/mol. The number of carbonyl (C=O) groups is 4. The number of carbonyl (C=O) groups excluding carboxylic acids is 4. The van der Waals surface area contributed by atoms with Gasteiger partial charge in [0.15, 0.2) is 0 Å². The Kier molecular flexibility index (Phi) is 18.1. The highest BCUT2D eigenvalue weighted by molar-refractivity contribution is 5.87. The third-order valence-corrected chi connectivity index (χ3v) is 4.70. The first-order chi connectivity index (χ1) is 16.5. The van der Waals surface area contributed by atoms with Crippen LogP contribution in [0.2, 0.25) is 0 Å². The second kappa shape index (κ2) is 19.6. The Morgan fingerprint density at radius 2 is 0.943 bits per heavy atom. The Balaban J connectivity index is 3.55. The number of hydrogen-bond acceptors (Lipinski definition) is 10. The molecule has 2 unspecified atom stereocenters. The summed E-state index contributed by atoms with van der Waals surface area (Å²) in [7, 11) is 0. The number of aliphatic hydroxyl groups excluding tert-OH is 2. The summed E-state index contributed by atoms with van der Waals surface area (Å²) in [5.41, 5.74) is 0.357. The van der Waals surface area contributed by atoms with E-state index in [-0.39, 0.29) is 62.0 Å². The summed E-state index contributed by atoms with van der Waals surface area (Å²) in [6.45, 7) is 9.69. The van der Waals surface area contributed by atoms with Crippen LogP contribution in [0.25, 0.3) is 0 Å². The second-order valence-corrected chi connectivity index (χ2v) is 8.27. The van der Waals surface area contributed by atoms with E-state index in [2.05, 4.69) is 22.6 Å². The molecule has 0 fully saturated rings. The summed E-state index contributed by atoms with van der Waals surface area (Å²) in [5, 5.41) is 19.0. The summed E-state index contributed by atoms with van der Waals surface area (Å²) in [6.07, 6.45) is 4.01. The number of hydrogen-bond donors (Lipinski definition) is 2. The zero-order valence-electron chi connectivity index (χ0n) is 20.9. The highest BCUT2D eigenvalue weighted by Gasteiger charge is 2.14. The molecule has 10 nitrogen and oxygen atoms in total. The van der Waals surface area contributed by atoms with Crippen molar-refractivity contribution in [1.82, 2.24) is 0 Å². The van der Waals surface area contributed by atoms with Crippen LogP contribution < -0.4 is 0 Å². The largest absolute Gasteiger partial charge is 0.465 e. The Bertz CT molecular complexity index is 642. The van der Waals surface area contributed by atoms with E-state index in [0.29, 0.717) is 12.8 Å². The number of ether oxygens (including phenoxy) is 4. The number of rotatable bonds is 20. The topological polar surface area (TPSA) is 146 Å². The lowest BCUT2D eigenvalue weighted by Crippen LogP contribution is -2.20. The smallest absolute Gasteiger partial charge is 0.335 e. The fourth-order valence-corrected chi connectivity index (χ4v) is 2.68. The molecule has 0 bridgehead atoms. The van der Waals surface area contributed by atoms with Crippen molar-refractivity contribution in [2.45, 2.75) is 97.1 Å². The van der Waals surface area contributed by atoms with Crippen LogP contribution in [0.15, 0.2) is 24.3 Å². The first-order valence-corrected chi connectivity index (χ1v) is 11.9. The lowest BCUT2D eigenvalue weighted by Gasteiger charge is -2.12. The minimum Gasteiger partial charge on any atom is -0.465 e. The summed E-state index contributed by atoms with van der Waals surface area (Å²) >= 11 is 0. The van der Waals surface area contributed by atoms with Crippen LogP contribution in [0.1, 0.15) is 84.5 Å². The average molecular weight is 501 g/mol. The van der Waals surface area contributed by atoms with E-state index in [0.717, 1.165) is 32.1 Å². The van der Waals surface area contributed by atoms with E-state index >= 15 is 0 Å². The molecule has 2 N–H and O–H groups in total. The van der Waals surface area contributed by atoms with E-state index in [1.54, 1.807) is 0 Å². The molecule has 0 amide bonds. The van der Waals surface area contributed by atoms with Gasteiger partial charge in [-0.25, -0.2) is 9.59 Å². The minimum absolute atomic E-state index is 0.00509. The average Bonchev–Trinajstić information content (AvgIpc) is 2.77. The third-order valence-electron chi connectivity index (χ3n) is 4.70. The van der Waals surface area contributed by atoms with Crippen molar-refractivity contribution in [2.24, 2.45) is 0 Å². The van der Waals surface area contributed by atoms with Crippen molar-refractivity contribution in [3.8, 4) is 0 Å². The molecule has 0 aliphatic heterocycles. The summed E-state index contributed by atoms with van der Waals surface area (Å²) < 4.78 is 19.4. The van der Waals surface area contributed by atoms with Gasteiger partial charge in [-0.2, -0.15) is 0 Å². The van der Waals surface area contributed by atoms with Gasteiger partial charge in [0.25, 0.3) is 0 Å². The molecule has 0 saturated carbocycles. The van der Waals surface area contributed by atoms with Gasteiger partial charge in [-0.05, 0) is 26.7 Å². The molecule has 200 valence electrons. The molecule has 0 aliphatic carbocycles. The highest BCUT2D eigenvalue weighted by atomic mass is 16.6. The maximum absolute atomic E-state index is 11.7. The van der Waals surface area contributed by atoms with Crippen molar-refractivity contribution >= 4 is 23.9 Å². The van der Waals surface area contributed by atoms with Crippen molar-refractivity contribution in [3.05, 3.63) is 24.3 Å². The zero-order valence-corrected chi connectivity index (χ0v) is 20.9. The van der Waals surface area contributed by atoms with E-state index in [1.165, 1.54) is 13.8 Å². The lowest BCUT2D eigenvalue weighted by atomic mass is 10.1. The first-order valence-electron chi connectivity index (χ1n) is 11.9. The van der Waals surface area contributed by atoms with Gasteiger partial charge in [0.1, 0.15) is 0 Å². The van der Waals surface area contributed by atoms with Gasteiger partial charge in [0, 0.05) is 36.8 Å². The fourth-order valence-electron chi connectivity index (χ4n) is 2.68. The quantitative estimate of drug-likeness (QED) is 0.0839. The molecule has 0 saturated heterocycles. The van der Waals surface area contributed by atoms with Gasteiger partial charge in [-0.15, -0.1) is 0 Å². The molecule has 0 aliphatic rings. The Morgan fingerprint density at radius 1 is 0.629 bits per heavy atom. The molecule has 0 aromatic carbocycles. The molecule has 10 heteroatoms. The van der Waals surface area contributed by atoms with Crippen LogP contribution in [-0.2, 0) is 38.1 Å². The molecule has 0 radical (unpaired) electrons. The molecule has 35 heavy (non-hydrogen) atoms. The Morgan fingerprint density at radius 3 is 1.26 bits per heavy atom. The van der Waals surface area contributed by atoms with Crippen LogP contribution in [0.4, 0.5) is 0 Å². The SMILES string of the molecule is C=C(C)C(=O)OC(O)CCOC(=O)CCCCCCCCCC(=O)OCCC(O)OC(=O)C(=C)C. The Hall–Kier alpha value is -2.72. The summed E-state index contributed by atoms with van der Waals surface area (Å²) in [5.74, 6) is -2.10. The van der Waals surface area contributed by atoms with Gasteiger partial charge in [0.2, 0.25) is 12.6 Å². The van der Waals surface area contributed by atoms with Crippen molar-refractivity contribution in [3.63, 3.8) is 0 Å². The van der Waals surface area contributed by atoms with Crippen LogP contribution in [0, 0.1) is 0 Å². The fraction of sp³-hybridized carbons (Fsp3) is 0.680. The van der Waals surface area contributed by atoms with E-state index < -0.39 is 24.5 Å². The van der Waals surface area contributed by atoms with Crippen molar-refractivity contribution < 1.29 is 48.3 Å². The standard InChI is InChI=1S/C25H40O10/c1-18(2)24(30)34-22(28)14-16-32-20(26)12-10-8-6-5-7-9-11-13-21(27)33-17-15-23(29)35-25(31)19(3)4/h22-23,28-29H,1,3,5-17H2,2,4H3. The predicted octanol–water partition coefficient (Wildman–Crippen LogP) is 3.24. The van der Waals surface area contributed by atoms with Crippen molar-refractivity contribution in [2.75, 3.05) is 13.2 Å². The molecule has 0 aromatic heterocycles. The maximum atomic E-state index is 11.7. The van der Waals surface area contributed by atoms with Gasteiger partial charge < -0.3 is 29.2 Å². The molecule has 0 aromatic rings. The first kappa shape index (κ1) is 32.3. The van der Waals surface area contributed by atoms with E-state index in [4.69, 9.17) is 9.47 Å². The molecule has 0 spiro atoms. The molecule has 0 rings (SSSR count). The van der Waals surface area contributed by atoms with E-state index in [1.807, 2.05) is 0 Å². The summed E-state index contributed by atoms with van der Waals surface area (Å²) in [6, 6.07) is 0. The number of aliphatic hydroxyl groups is 2. The van der Waals surface area contributed by atoms with Gasteiger partial charge >= 0.3 is 23.9 Å². The summed E-state index contributed by atoms with van der Waals surface area (Å²) in [4.78, 5) is 45.8. The molecule has 2 atom stereocenters. The highest BCUT2D eigenvalue weighted by Crippen LogP contribution is 2.11. The molecule has 0 heterocycles. The van der Waals surface area contributed by atoms with E-state index in [9.17, 15) is 29.4 Å². The maximum Gasteiger partial charge on any atom is 0.335 e. The van der Waals surface area contributed by atoms with Gasteiger partial charge in [-0.3, -0.25) is 9.59 Å². The minimum atomic E-state index is -1.33. The lowest BCUT2D eigenvalue weighted by molar-refractivity contribution is -0.168.